The molecule has 2 aromatic carbocycles. The van der Waals surface area contributed by atoms with Gasteiger partial charge in [0, 0.05) is 22.6 Å². The van der Waals surface area contributed by atoms with E-state index < -0.39 is 0 Å². The van der Waals surface area contributed by atoms with E-state index in [4.69, 9.17) is 14.2 Å². The largest absolute Gasteiger partial charge is 0.507 e. The lowest BCUT2D eigenvalue weighted by Crippen LogP contribution is -2.12. The van der Waals surface area contributed by atoms with Crippen molar-refractivity contribution in [1.82, 2.24) is 4.68 Å². The number of phenolic OH excluding ortho intramolecular Hbond substituents is 1. The Labute approximate surface area is 185 Å². The molecular weight excluding hydrogens is 414 g/mol. The molecule has 0 aliphatic heterocycles. The van der Waals surface area contributed by atoms with Crippen molar-refractivity contribution in [3.63, 3.8) is 0 Å². The van der Waals surface area contributed by atoms with E-state index in [-0.39, 0.29) is 5.75 Å². The lowest BCUT2D eigenvalue weighted by atomic mass is 10.1. The number of ether oxygens (including phenoxy) is 3. The minimum Gasteiger partial charge on any atom is -0.507 e. The highest BCUT2D eigenvalue weighted by Crippen LogP contribution is 2.33. The third-order valence-electron chi connectivity index (χ3n) is 4.35. The Bertz CT molecular complexity index is 1150. The molecule has 0 unspecified atom stereocenters. The number of benzene rings is 2. The minimum absolute atomic E-state index is 0.0793. The molecule has 0 aliphatic carbocycles. The van der Waals surface area contributed by atoms with Crippen LogP contribution in [0.3, 0.4) is 0 Å². The van der Waals surface area contributed by atoms with Crippen LogP contribution in [0.2, 0.25) is 0 Å². The molecule has 0 amide bonds. The van der Waals surface area contributed by atoms with Crippen LogP contribution in [0.25, 0.3) is 11.3 Å². The molecule has 0 aliphatic rings. The Hall–Kier alpha value is -3.52. The van der Waals surface area contributed by atoms with Gasteiger partial charge in [0.1, 0.15) is 23.0 Å². The fraction of sp³-hybridized carbons (Fsp3) is 0.217. The molecule has 0 atom stereocenters. The van der Waals surface area contributed by atoms with Gasteiger partial charge in [0.05, 0.1) is 39.3 Å². The molecule has 3 rings (SSSR count). The van der Waals surface area contributed by atoms with Crippen LogP contribution in [0.15, 0.2) is 64.5 Å². The molecule has 31 heavy (non-hydrogen) atoms. The van der Waals surface area contributed by atoms with E-state index in [1.807, 2.05) is 30.5 Å². The highest BCUT2D eigenvalue weighted by atomic mass is 32.1. The minimum atomic E-state index is 0.0793. The van der Waals surface area contributed by atoms with Crippen molar-refractivity contribution in [3.8, 4) is 34.3 Å². The summed E-state index contributed by atoms with van der Waals surface area (Å²) in [6, 6.07) is 10.7. The van der Waals surface area contributed by atoms with Gasteiger partial charge in [-0.15, -0.1) is 17.9 Å². The molecular formula is C23H25N3O4S. The Morgan fingerprint density at radius 3 is 2.61 bits per heavy atom. The first-order valence-corrected chi connectivity index (χ1v) is 10.5. The van der Waals surface area contributed by atoms with Crippen LogP contribution in [0, 0.1) is 0 Å². The number of rotatable bonds is 9. The Balaban J connectivity index is 2.10. The number of phenols is 1. The fourth-order valence-electron chi connectivity index (χ4n) is 2.87. The summed E-state index contributed by atoms with van der Waals surface area (Å²) in [5, 5.41) is 16.9. The fourth-order valence-corrected chi connectivity index (χ4v) is 3.71. The molecule has 1 N–H and O–H groups in total. The second kappa shape index (κ2) is 10.5. The van der Waals surface area contributed by atoms with Gasteiger partial charge >= 0.3 is 0 Å². The van der Waals surface area contributed by atoms with Gasteiger partial charge in [-0.3, -0.25) is 4.99 Å². The predicted molar refractivity (Wildman–Crippen MR) is 124 cm³/mol. The molecule has 1 aromatic heterocycles. The van der Waals surface area contributed by atoms with Gasteiger partial charge in [-0.2, -0.15) is 5.10 Å². The van der Waals surface area contributed by atoms with E-state index in [9.17, 15) is 5.11 Å². The van der Waals surface area contributed by atoms with Crippen molar-refractivity contribution in [3.05, 3.63) is 64.8 Å². The monoisotopic (exact) mass is 439 g/mol. The van der Waals surface area contributed by atoms with Gasteiger partial charge in [-0.25, -0.2) is 4.68 Å². The van der Waals surface area contributed by atoms with Gasteiger partial charge < -0.3 is 19.3 Å². The van der Waals surface area contributed by atoms with E-state index in [1.165, 1.54) is 11.3 Å². The predicted octanol–water partition coefficient (Wildman–Crippen LogP) is 4.31. The molecule has 1 heterocycles. The summed E-state index contributed by atoms with van der Waals surface area (Å²) in [5.41, 5.74) is 2.15. The van der Waals surface area contributed by atoms with Crippen LogP contribution >= 0.6 is 11.3 Å². The maximum Gasteiger partial charge on any atom is 0.206 e. The molecule has 7 nitrogen and oxygen atoms in total. The molecule has 0 fully saturated rings. The van der Waals surface area contributed by atoms with E-state index in [0.29, 0.717) is 40.8 Å². The van der Waals surface area contributed by atoms with Gasteiger partial charge in [-0.05, 0) is 37.3 Å². The zero-order chi connectivity index (χ0) is 22.2. The third-order valence-corrected chi connectivity index (χ3v) is 5.20. The standard InChI is InChI=1S/C23H25N3O4S/c1-5-11-24-23-26(25-14-16-7-8-18(30-6-2)13-21(16)27)20(15-31-23)19-12-17(28-3)9-10-22(19)29-4/h5,7-10,12-15,27H,1,6,11H2,2-4H3. The highest BCUT2D eigenvalue weighted by molar-refractivity contribution is 7.07. The first-order valence-electron chi connectivity index (χ1n) is 9.65. The number of aromatic hydroxyl groups is 1. The van der Waals surface area contributed by atoms with Crippen molar-refractivity contribution in [2.75, 3.05) is 27.4 Å². The third kappa shape index (κ3) is 5.16. The number of hydrogen-bond donors (Lipinski definition) is 1. The van der Waals surface area contributed by atoms with E-state index in [0.717, 1.165) is 11.3 Å². The van der Waals surface area contributed by atoms with E-state index in [1.54, 1.807) is 49.4 Å². The van der Waals surface area contributed by atoms with Crippen molar-refractivity contribution < 1.29 is 19.3 Å². The topological polar surface area (TPSA) is 77.6 Å². The second-order valence-electron chi connectivity index (χ2n) is 6.31. The first kappa shape index (κ1) is 22.2. The summed E-state index contributed by atoms with van der Waals surface area (Å²) in [4.78, 5) is 5.22. The van der Waals surface area contributed by atoms with Crippen molar-refractivity contribution in [2.45, 2.75) is 6.92 Å². The summed E-state index contributed by atoms with van der Waals surface area (Å²) in [6.07, 6.45) is 3.30. The number of thiazole rings is 1. The maximum absolute atomic E-state index is 10.3. The van der Waals surface area contributed by atoms with Crippen LogP contribution in [0.1, 0.15) is 12.5 Å². The lowest BCUT2D eigenvalue weighted by Gasteiger charge is -2.11. The van der Waals surface area contributed by atoms with Crippen LogP contribution in [-0.4, -0.2) is 43.4 Å². The summed E-state index contributed by atoms with van der Waals surface area (Å²) < 4.78 is 18.1. The molecule has 0 spiro atoms. The zero-order valence-electron chi connectivity index (χ0n) is 17.7. The Kier molecular flexibility index (Phi) is 7.50. The van der Waals surface area contributed by atoms with Crippen molar-refractivity contribution in [2.24, 2.45) is 10.1 Å². The average molecular weight is 440 g/mol. The summed E-state index contributed by atoms with van der Waals surface area (Å²) in [7, 11) is 3.23. The van der Waals surface area contributed by atoms with Gasteiger partial charge in [0.15, 0.2) is 0 Å². The zero-order valence-corrected chi connectivity index (χ0v) is 18.6. The van der Waals surface area contributed by atoms with Gasteiger partial charge in [0.25, 0.3) is 0 Å². The number of hydrogen-bond acceptors (Lipinski definition) is 7. The van der Waals surface area contributed by atoms with Crippen LogP contribution in [0.4, 0.5) is 0 Å². The number of methoxy groups -OCH3 is 2. The first-order chi connectivity index (χ1) is 15.1. The summed E-state index contributed by atoms with van der Waals surface area (Å²) >= 11 is 1.45. The SMILES string of the molecule is C=CCN=c1scc(-c2cc(OC)ccc2OC)n1N=Cc1ccc(OCC)cc1O. The van der Waals surface area contributed by atoms with Crippen LogP contribution in [-0.2, 0) is 0 Å². The Morgan fingerprint density at radius 2 is 1.94 bits per heavy atom. The number of aromatic nitrogens is 1. The quantitative estimate of drug-likeness (QED) is 0.398. The van der Waals surface area contributed by atoms with Crippen molar-refractivity contribution in [1.29, 1.82) is 0 Å². The molecule has 0 saturated heterocycles. The second-order valence-corrected chi connectivity index (χ2v) is 7.15. The molecule has 162 valence electrons. The smallest absolute Gasteiger partial charge is 0.206 e. The highest BCUT2D eigenvalue weighted by Gasteiger charge is 2.14. The van der Waals surface area contributed by atoms with E-state index in [2.05, 4.69) is 16.7 Å². The van der Waals surface area contributed by atoms with E-state index >= 15 is 0 Å². The summed E-state index contributed by atoms with van der Waals surface area (Å²) in [6.45, 7) is 6.60. The van der Waals surface area contributed by atoms with Crippen molar-refractivity contribution >= 4 is 17.6 Å². The average Bonchev–Trinajstić information content (AvgIpc) is 3.19. The normalized spacial score (nSPS) is 11.6. The summed E-state index contributed by atoms with van der Waals surface area (Å²) in [5.74, 6) is 2.06. The molecule has 0 bridgehead atoms. The maximum atomic E-state index is 10.3. The Morgan fingerprint density at radius 1 is 1.13 bits per heavy atom. The van der Waals surface area contributed by atoms with Gasteiger partial charge in [-0.1, -0.05) is 6.08 Å². The van der Waals surface area contributed by atoms with Gasteiger partial charge in [0.2, 0.25) is 4.80 Å². The molecule has 0 radical (unpaired) electrons. The molecule has 0 saturated carbocycles. The number of nitrogens with zero attached hydrogens (tertiary/aromatic N) is 3. The lowest BCUT2D eigenvalue weighted by molar-refractivity contribution is 0.337. The molecule has 3 aromatic rings. The van der Waals surface area contributed by atoms with Crippen LogP contribution in [0.5, 0.6) is 23.0 Å². The van der Waals surface area contributed by atoms with Crippen LogP contribution < -0.4 is 19.0 Å². The molecule has 8 heteroatoms.